The number of carbonyl (C=O) groups is 2. The van der Waals surface area contributed by atoms with Crippen molar-refractivity contribution in [1.82, 2.24) is 10.6 Å². The van der Waals surface area contributed by atoms with Crippen molar-refractivity contribution in [1.29, 1.82) is 0 Å². The summed E-state index contributed by atoms with van der Waals surface area (Å²) in [4.78, 5) is 18.9. The molecular weight excluding hydrogens is 292 g/mol. The van der Waals surface area contributed by atoms with Gasteiger partial charge in [0, 0.05) is 26.2 Å². The maximum absolute atomic E-state index is 9.44. The number of rotatable bonds is 9. The number of hydrogen-bond acceptors (Lipinski definition) is 8. The first-order valence-corrected chi connectivity index (χ1v) is 7.10. The molecule has 8 heteroatoms. The van der Waals surface area contributed by atoms with E-state index in [1.807, 2.05) is 0 Å². The zero-order valence-corrected chi connectivity index (χ0v) is 14.0. The molecular formula is C14H32N2O6. The summed E-state index contributed by atoms with van der Waals surface area (Å²) in [6, 6.07) is 0. The average Bonchev–Trinajstić information content (AvgIpc) is 2.40. The summed E-state index contributed by atoms with van der Waals surface area (Å²) in [6.45, 7) is 7.58. The van der Waals surface area contributed by atoms with Crippen LogP contribution in [0.1, 0.15) is 27.7 Å². The lowest BCUT2D eigenvalue weighted by molar-refractivity contribution is -0.115. The van der Waals surface area contributed by atoms with Crippen molar-refractivity contribution in [3.8, 4) is 0 Å². The van der Waals surface area contributed by atoms with Crippen molar-refractivity contribution in [3.05, 3.63) is 0 Å². The molecule has 0 heterocycles. The summed E-state index contributed by atoms with van der Waals surface area (Å²) in [6.07, 6.45) is -1.45. The standard InChI is InChI=1S/C8H20N2O4.2C3H6O/c11-5-7(13)3-9-1-2-10-4-8(14)6-12;2*1-3(2)4/h7-14H,1-6H2;2*1-2H3. The third-order valence-electron chi connectivity index (χ3n) is 1.66. The Kier molecular flexibility index (Phi) is 23.8. The number of aliphatic hydroxyl groups excluding tert-OH is 4. The number of aliphatic hydroxyl groups is 4. The predicted octanol–water partition coefficient (Wildman–Crippen LogP) is -1.94. The lowest BCUT2D eigenvalue weighted by Gasteiger charge is -2.11. The van der Waals surface area contributed by atoms with E-state index in [9.17, 15) is 9.59 Å². The molecule has 0 aromatic heterocycles. The van der Waals surface area contributed by atoms with Gasteiger partial charge in [-0.15, -0.1) is 0 Å². The van der Waals surface area contributed by atoms with Gasteiger partial charge in [-0.05, 0) is 27.7 Å². The number of nitrogens with one attached hydrogen (secondary N) is 2. The summed E-state index contributed by atoms with van der Waals surface area (Å²) in [5.41, 5.74) is 0. The van der Waals surface area contributed by atoms with Gasteiger partial charge < -0.3 is 40.6 Å². The van der Waals surface area contributed by atoms with E-state index in [2.05, 4.69) is 10.6 Å². The van der Waals surface area contributed by atoms with Gasteiger partial charge in [-0.25, -0.2) is 0 Å². The number of hydrogen-bond donors (Lipinski definition) is 6. The second kappa shape index (κ2) is 20.1. The molecule has 0 amide bonds. The highest BCUT2D eigenvalue weighted by molar-refractivity contribution is 5.72. The van der Waals surface area contributed by atoms with Gasteiger partial charge >= 0.3 is 0 Å². The lowest BCUT2D eigenvalue weighted by atomic mass is 10.3. The largest absolute Gasteiger partial charge is 0.394 e. The minimum absolute atomic E-state index is 0.167. The minimum atomic E-state index is -0.724. The molecule has 0 aliphatic carbocycles. The van der Waals surface area contributed by atoms with Crippen molar-refractivity contribution in [2.45, 2.75) is 39.9 Å². The molecule has 0 aliphatic heterocycles. The molecule has 0 aromatic rings. The Morgan fingerprint density at radius 1 is 0.773 bits per heavy atom. The Morgan fingerprint density at radius 3 is 1.18 bits per heavy atom. The maximum Gasteiger partial charge on any atom is 0.126 e. The Hall–Kier alpha value is -0.900. The predicted molar refractivity (Wildman–Crippen MR) is 84.6 cm³/mol. The van der Waals surface area contributed by atoms with Crippen LogP contribution < -0.4 is 10.6 Å². The Balaban J connectivity index is -0.000000372. The van der Waals surface area contributed by atoms with E-state index < -0.39 is 12.2 Å². The average molecular weight is 324 g/mol. The van der Waals surface area contributed by atoms with Crippen LogP contribution in [0.3, 0.4) is 0 Å². The monoisotopic (exact) mass is 324 g/mol. The molecule has 0 saturated heterocycles. The molecule has 0 aliphatic rings. The van der Waals surface area contributed by atoms with E-state index in [0.717, 1.165) is 0 Å². The molecule has 0 aromatic carbocycles. The van der Waals surface area contributed by atoms with Crippen LogP contribution in [0.2, 0.25) is 0 Å². The van der Waals surface area contributed by atoms with Crippen molar-refractivity contribution in [2.24, 2.45) is 0 Å². The zero-order valence-electron chi connectivity index (χ0n) is 14.0. The maximum atomic E-state index is 9.44. The summed E-state index contributed by atoms with van der Waals surface area (Å²) in [5.74, 6) is 0.333. The zero-order chi connectivity index (χ0) is 18.0. The first-order valence-electron chi connectivity index (χ1n) is 7.10. The van der Waals surface area contributed by atoms with E-state index >= 15 is 0 Å². The van der Waals surface area contributed by atoms with Crippen LogP contribution in [-0.2, 0) is 9.59 Å². The van der Waals surface area contributed by atoms with Gasteiger partial charge in [-0.3, -0.25) is 0 Å². The number of carbonyl (C=O) groups excluding carboxylic acids is 2. The fraction of sp³-hybridized carbons (Fsp3) is 0.857. The Morgan fingerprint density at radius 2 is 1.00 bits per heavy atom. The first kappa shape index (κ1) is 26.0. The molecule has 8 nitrogen and oxygen atoms in total. The third kappa shape index (κ3) is 42.7. The first-order chi connectivity index (χ1) is 10.2. The van der Waals surface area contributed by atoms with Crippen LogP contribution in [0, 0.1) is 0 Å². The molecule has 2 unspecified atom stereocenters. The fourth-order valence-corrected chi connectivity index (χ4v) is 0.843. The van der Waals surface area contributed by atoms with Gasteiger partial charge in [0.2, 0.25) is 0 Å². The molecule has 0 rings (SSSR count). The van der Waals surface area contributed by atoms with Crippen LogP contribution in [0.4, 0.5) is 0 Å². The number of ketones is 2. The summed E-state index contributed by atoms with van der Waals surface area (Å²) in [5, 5.41) is 40.6. The van der Waals surface area contributed by atoms with E-state index in [1.54, 1.807) is 0 Å². The van der Waals surface area contributed by atoms with Crippen LogP contribution >= 0.6 is 0 Å². The van der Waals surface area contributed by atoms with Crippen LogP contribution in [-0.4, -0.2) is 83.6 Å². The van der Waals surface area contributed by atoms with Crippen molar-refractivity contribution in [2.75, 3.05) is 39.4 Å². The third-order valence-corrected chi connectivity index (χ3v) is 1.66. The minimum Gasteiger partial charge on any atom is -0.394 e. The molecule has 0 bridgehead atoms. The van der Waals surface area contributed by atoms with Crippen molar-refractivity contribution >= 4 is 11.6 Å². The highest BCUT2D eigenvalue weighted by atomic mass is 16.3. The molecule has 2 atom stereocenters. The summed E-state index contributed by atoms with van der Waals surface area (Å²) < 4.78 is 0. The second-order valence-electron chi connectivity index (χ2n) is 4.90. The molecule has 0 spiro atoms. The van der Waals surface area contributed by atoms with Gasteiger partial charge in [0.1, 0.15) is 11.6 Å². The van der Waals surface area contributed by atoms with Gasteiger partial charge in [0.05, 0.1) is 25.4 Å². The van der Waals surface area contributed by atoms with Crippen LogP contribution in [0.5, 0.6) is 0 Å². The summed E-state index contributed by atoms with van der Waals surface area (Å²) >= 11 is 0. The Labute approximate surface area is 132 Å². The van der Waals surface area contributed by atoms with Gasteiger partial charge in [0.15, 0.2) is 0 Å². The van der Waals surface area contributed by atoms with E-state index in [4.69, 9.17) is 20.4 Å². The molecule has 134 valence electrons. The van der Waals surface area contributed by atoms with Crippen LogP contribution in [0.25, 0.3) is 0 Å². The normalized spacial score (nSPS) is 12.2. The van der Waals surface area contributed by atoms with Gasteiger partial charge in [0.25, 0.3) is 0 Å². The SMILES string of the molecule is CC(C)=O.CC(C)=O.OCC(O)CNCCNCC(O)CO. The summed E-state index contributed by atoms with van der Waals surface area (Å²) in [7, 11) is 0. The molecule has 6 N–H and O–H groups in total. The highest BCUT2D eigenvalue weighted by Crippen LogP contribution is 1.77. The molecule has 0 radical (unpaired) electrons. The van der Waals surface area contributed by atoms with Crippen molar-refractivity contribution < 1.29 is 30.0 Å². The fourth-order valence-electron chi connectivity index (χ4n) is 0.843. The van der Waals surface area contributed by atoms with Gasteiger partial charge in [-0.1, -0.05) is 0 Å². The van der Waals surface area contributed by atoms with Crippen LogP contribution in [0.15, 0.2) is 0 Å². The molecule has 0 fully saturated rings. The topological polar surface area (TPSA) is 139 Å². The quantitative estimate of drug-likeness (QED) is 0.269. The lowest BCUT2D eigenvalue weighted by Crippen LogP contribution is -2.37. The highest BCUT2D eigenvalue weighted by Gasteiger charge is 2.01. The van der Waals surface area contributed by atoms with Gasteiger partial charge in [-0.2, -0.15) is 0 Å². The van der Waals surface area contributed by atoms with E-state index in [1.165, 1.54) is 27.7 Å². The smallest absolute Gasteiger partial charge is 0.126 e. The molecule has 22 heavy (non-hydrogen) atoms. The number of Topliss-reactive ketones (excluding diaryl/α,β-unsaturated/α-hetero) is 2. The molecule has 0 saturated carbocycles. The van der Waals surface area contributed by atoms with E-state index in [-0.39, 0.29) is 24.8 Å². The second-order valence-corrected chi connectivity index (χ2v) is 4.90. The Bertz CT molecular complexity index is 230. The van der Waals surface area contributed by atoms with E-state index in [0.29, 0.717) is 26.2 Å². The van der Waals surface area contributed by atoms with Crippen molar-refractivity contribution in [3.63, 3.8) is 0 Å².